The van der Waals surface area contributed by atoms with Gasteiger partial charge in [-0.3, -0.25) is 0 Å². The summed E-state index contributed by atoms with van der Waals surface area (Å²) in [6, 6.07) is 8.00. The Hall–Kier alpha value is -1.55. The Morgan fingerprint density at radius 1 is 1.38 bits per heavy atom. The maximum Gasteiger partial charge on any atom is 0.315 e. The van der Waals surface area contributed by atoms with Crippen molar-refractivity contribution in [2.45, 2.75) is 51.6 Å². The van der Waals surface area contributed by atoms with Crippen LogP contribution in [-0.2, 0) is 0 Å². The molecule has 1 aliphatic rings. The molecule has 1 fully saturated rings. The minimum absolute atomic E-state index is 0.00672. The Balaban J connectivity index is 1.97. The second-order valence-electron chi connectivity index (χ2n) is 6.32. The summed E-state index contributed by atoms with van der Waals surface area (Å²) in [6.07, 6.45) is 2.98. The van der Waals surface area contributed by atoms with Crippen LogP contribution in [0.15, 0.2) is 24.3 Å². The smallest absolute Gasteiger partial charge is 0.315 e. The lowest BCUT2D eigenvalue weighted by atomic mass is 9.97. The van der Waals surface area contributed by atoms with E-state index < -0.39 is 5.54 Å². The fraction of sp³-hybridized carbons (Fsp3) is 0.588. The van der Waals surface area contributed by atoms with Gasteiger partial charge in [-0.2, -0.15) is 0 Å². The summed E-state index contributed by atoms with van der Waals surface area (Å²) in [7, 11) is 0. The zero-order chi connectivity index (χ0) is 15.5. The molecule has 0 saturated heterocycles. The molecule has 0 bridgehead atoms. The highest BCUT2D eigenvalue weighted by Crippen LogP contribution is 2.39. The van der Waals surface area contributed by atoms with E-state index in [2.05, 4.69) is 41.8 Å². The minimum Gasteiger partial charge on any atom is -0.394 e. The molecule has 2 unspecified atom stereocenters. The summed E-state index contributed by atoms with van der Waals surface area (Å²) < 4.78 is 0. The summed E-state index contributed by atoms with van der Waals surface area (Å²) >= 11 is 0. The zero-order valence-corrected chi connectivity index (χ0v) is 13.1. The molecule has 1 aromatic rings. The average Bonchev–Trinajstić information content (AvgIpc) is 3.30. The lowest BCUT2D eigenvalue weighted by molar-refractivity contribution is 0.154. The van der Waals surface area contributed by atoms with Crippen molar-refractivity contribution in [2.24, 2.45) is 5.92 Å². The molecule has 0 heterocycles. The highest BCUT2D eigenvalue weighted by molar-refractivity contribution is 5.75. The van der Waals surface area contributed by atoms with Gasteiger partial charge in [-0.1, -0.05) is 36.8 Å². The van der Waals surface area contributed by atoms with E-state index in [1.807, 2.05) is 13.8 Å². The number of aliphatic hydroxyl groups is 1. The van der Waals surface area contributed by atoms with Gasteiger partial charge in [-0.15, -0.1) is 0 Å². The first-order valence-corrected chi connectivity index (χ1v) is 7.74. The molecular weight excluding hydrogens is 264 g/mol. The molecule has 0 radical (unpaired) electrons. The van der Waals surface area contributed by atoms with Crippen LogP contribution in [0.5, 0.6) is 0 Å². The molecule has 0 aliphatic heterocycles. The number of aryl methyl sites for hydroxylation is 1. The summed E-state index contributed by atoms with van der Waals surface area (Å²) in [5.41, 5.74) is 1.81. The number of carbonyl (C=O) groups excluding carboxylic acids is 1. The van der Waals surface area contributed by atoms with Crippen molar-refractivity contribution in [3.63, 3.8) is 0 Å². The van der Waals surface area contributed by atoms with Gasteiger partial charge in [0.05, 0.1) is 18.2 Å². The topological polar surface area (TPSA) is 61.4 Å². The number of nitrogens with one attached hydrogen (secondary N) is 2. The number of benzene rings is 1. The fourth-order valence-corrected chi connectivity index (χ4v) is 2.66. The number of rotatable bonds is 6. The van der Waals surface area contributed by atoms with E-state index in [4.69, 9.17) is 0 Å². The molecule has 2 amide bonds. The molecule has 2 atom stereocenters. The van der Waals surface area contributed by atoms with Gasteiger partial charge in [-0.25, -0.2) is 4.79 Å². The number of urea groups is 1. The molecule has 2 rings (SSSR count). The molecule has 1 aliphatic carbocycles. The standard InChI is InChI=1S/C17H26N2O2/c1-4-15(13-7-5-12(2)6-8-13)18-16(21)19-17(3,11-20)14-9-10-14/h5-8,14-15,20H,4,9-11H2,1-3H3,(H2,18,19,21). The van der Waals surface area contributed by atoms with Crippen LogP contribution in [0.25, 0.3) is 0 Å². The van der Waals surface area contributed by atoms with Crippen molar-refractivity contribution in [1.29, 1.82) is 0 Å². The Labute approximate surface area is 126 Å². The third kappa shape index (κ3) is 3.97. The molecule has 1 aromatic carbocycles. The second kappa shape index (κ2) is 6.48. The highest BCUT2D eigenvalue weighted by atomic mass is 16.3. The molecule has 1 saturated carbocycles. The largest absolute Gasteiger partial charge is 0.394 e. The third-order valence-electron chi connectivity index (χ3n) is 4.40. The van der Waals surface area contributed by atoms with Crippen LogP contribution in [0.3, 0.4) is 0 Å². The van der Waals surface area contributed by atoms with Gasteiger partial charge in [0.1, 0.15) is 0 Å². The van der Waals surface area contributed by atoms with Crippen LogP contribution in [-0.4, -0.2) is 23.3 Å². The van der Waals surface area contributed by atoms with Crippen molar-refractivity contribution in [3.8, 4) is 0 Å². The number of aliphatic hydroxyl groups excluding tert-OH is 1. The molecule has 3 N–H and O–H groups in total. The van der Waals surface area contributed by atoms with Crippen molar-refractivity contribution in [3.05, 3.63) is 35.4 Å². The van der Waals surface area contributed by atoms with Gasteiger partial charge in [-0.05, 0) is 44.6 Å². The first-order valence-electron chi connectivity index (χ1n) is 7.74. The predicted octanol–water partition coefficient (Wildman–Crippen LogP) is 2.91. The van der Waals surface area contributed by atoms with Crippen LogP contribution in [0.2, 0.25) is 0 Å². The van der Waals surface area contributed by atoms with Crippen LogP contribution in [0.1, 0.15) is 50.3 Å². The van der Waals surface area contributed by atoms with E-state index >= 15 is 0 Å². The van der Waals surface area contributed by atoms with Crippen LogP contribution >= 0.6 is 0 Å². The molecule has 4 nitrogen and oxygen atoms in total. The molecule has 21 heavy (non-hydrogen) atoms. The van der Waals surface area contributed by atoms with Crippen molar-refractivity contribution in [1.82, 2.24) is 10.6 Å². The fourth-order valence-electron chi connectivity index (χ4n) is 2.66. The van der Waals surface area contributed by atoms with Crippen LogP contribution in [0.4, 0.5) is 4.79 Å². The average molecular weight is 290 g/mol. The van der Waals surface area contributed by atoms with Gasteiger partial charge in [0.25, 0.3) is 0 Å². The predicted molar refractivity (Wildman–Crippen MR) is 84.1 cm³/mol. The minimum atomic E-state index is -0.504. The van der Waals surface area contributed by atoms with Crippen molar-refractivity contribution < 1.29 is 9.90 Å². The second-order valence-corrected chi connectivity index (χ2v) is 6.32. The van der Waals surface area contributed by atoms with Gasteiger partial charge in [0.2, 0.25) is 0 Å². The summed E-state index contributed by atoms with van der Waals surface area (Å²) in [5.74, 6) is 0.396. The highest BCUT2D eigenvalue weighted by Gasteiger charge is 2.42. The van der Waals surface area contributed by atoms with E-state index in [1.54, 1.807) is 0 Å². The van der Waals surface area contributed by atoms with Crippen molar-refractivity contribution in [2.75, 3.05) is 6.61 Å². The van der Waals surface area contributed by atoms with Gasteiger partial charge in [0.15, 0.2) is 0 Å². The summed E-state index contributed by atoms with van der Waals surface area (Å²) in [4.78, 5) is 12.2. The number of hydrogen-bond donors (Lipinski definition) is 3. The number of amides is 2. The summed E-state index contributed by atoms with van der Waals surface area (Å²) in [5, 5.41) is 15.5. The maximum atomic E-state index is 12.2. The van der Waals surface area contributed by atoms with Crippen molar-refractivity contribution >= 4 is 6.03 Å². The third-order valence-corrected chi connectivity index (χ3v) is 4.40. The SMILES string of the molecule is CCC(NC(=O)NC(C)(CO)C1CC1)c1ccc(C)cc1. The van der Waals surface area contributed by atoms with E-state index in [0.717, 1.165) is 24.8 Å². The monoisotopic (exact) mass is 290 g/mol. The van der Waals surface area contributed by atoms with Gasteiger partial charge < -0.3 is 15.7 Å². The molecule has 0 spiro atoms. The van der Waals surface area contributed by atoms with Crippen LogP contribution in [0, 0.1) is 12.8 Å². The molecule has 116 valence electrons. The Morgan fingerprint density at radius 2 is 2.00 bits per heavy atom. The van der Waals surface area contributed by atoms with Crippen LogP contribution < -0.4 is 10.6 Å². The normalized spacial score (nSPS) is 18.7. The Bertz CT molecular complexity index is 482. The molecule has 0 aromatic heterocycles. The Kier molecular flexibility index (Phi) is 4.88. The lowest BCUT2D eigenvalue weighted by Gasteiger charge is -2.30. The van der Waals surface area contributed by atoms with E-state index in [-0.39, 0.29) is 18.7 Å². The first kappa shape index (κ1) is 15.8. The summed E-state index contributed by atoms with van der Waals surface area (Å²) in [6.45, 7) is 5.99. The number of carbonyl (C=O) groups is 1. The Morgan fingerprint density at radius 3 is 2.48 bits per heavy atom. The van der Waals surface area contributed by atoms with Gasteiger partial charge in [0, 0.05) is 0 Å². The maximum absolute atomic E-state index is 12.2. The molecule has 4 heteroatoms. The van der Waals surface area contributed by atoms with Gasteiger partial charge >= 0.3 is 6.03 Å². The van der Waals surface area contributed by atoms with E-state index in [9.17, 15) is 9.90 Å². The van der Waals surface area contributed by atoms with E-state index in [1.165, 1.54) is 5.56 Å². The lowest BCUT2D eigenvalue weighted by Crippen LogP contribution is -2.54. The quantitative estimate of drug-likeness (QED) is 0.754. The zero-order valence-electron chi connectivity index (χ0n) is 13.1. The van der Waals surface area contributed by atoms with E-state index in [0.29, 0.717) is 5.92 Å². The first-order chi connectivity index (χ1) is 9.98. The number of hydrogen-bond acceptors (Lipinski definition) is 2. The molecular formula is C17H26N2O2.